The highest BCUT2D eigenvalue weighted by molar-refractivity contribution is 4.76. The Labute approximate surface area is 89.0 Å². The fraction of sp³-hybridized carbons (Fsp3) is 1.00. The van der Waals surface area contributed by atoms with Crippen molar-refractivity contribution in [3.63, 3.8) is 0 Å². The lowest BCUT2D eigenvalue weighted by Gasteiger charge is -2.26. The van der Waals surface area contributed by atoms with Crippen LogP contribution in [0.3, 0.4) is 0 Å². The van der Waals surface area contributed by atoms with Crippen molar-refractivity contribution in [2.45, 2.75) is 52.4 Å². The molecule has 0 saturated carbocycles. The van der Waals surface area contributed by atoms with Gasteiger partial charge in [0.1, 0.15) is 0 Å². The van der Waals surface area contributed by atoms with Crippen molar-refractivity contribution < 1.29 is 17.9 Å². The standard InChI is InChI=1S/C10H20F3NO/c1-7(14)8(10(11,12)13)15-6-5-9(2,3)4/h7-8H,5-6,14H2,1-4H3. The van der Waals surface area contributed by atoms with Crippen LogP contribution in [0.15, 0.2) is 0 Å². The molecule has 0 aliphatic carbocycles. The van der Waals surface area contributed by atoms with Crippen LogP contribution in [-0.4, -0.2) is 24.9 Å². The Bertz CT molecular complexity index is 184. The Kier molecular flexibility index (Phi) is 5.06. The van der Waals surface area contributed by atoms with Crippen LogP contribution in [0.5, 0.6) is 0 Å². The van der Waals surface area contributed by atoms with E-state index in [9.17, 15) is 13.2 Å². The number of hydrogen-bond acceptors (Lipinski definition) is 2. The highest BCUT2D eigenvalue weighted by Gasteiger charge is 2.43. The molecule has 5 heteroatoms. The summed E-state index contributed by atoms with van der Waals surface area (Å²) in [7, 11) is 0. The molecule has 15 heavy (non-hydrogen) atoms. The van der Waals surface area contributed by atoms with E-state index in [2.05, 4.69) is 0 Å². The molecule has 0 aromatic carbocycles. The van der Waals surface area contributed by atoms with Gasteiger partial charge in [-0.25, -0.2) is 0 Å². The molecule has 0 rings (SSSR count). The van der Waals surface area contributed by atoms with E-state index in [4.69, 9.17) is 10.5 Å². The molecule has 0 radical (unpaired) electrons. The van der Waals surface area contributed by atoms with E-state index in [0.717, 1.165) is 0 Å². The van der Waals surface area contributed by atoms with Gasteiger partial charge >= 0.3 is 6.18 Å². The Morgan fingerprint density at radius 1 is 1.20 bits per heavy atom. The smallest absolute Gasteiger partial charge is 0.367 e. The van der Waals surface area contributed by atoms with Crippen LogP contribution in [0.25, 0.3) is 0 Å². The molecule has 0 bridgehead atoms. The molecule has 0 aliphatic rings. The lowest BCUT2D eigenvalue weighted by Crippen LogP contribution is -2.45. The third-order valence-corrected chi connectivity index (χ3v) is 1.95. The van der Waals surface area contributed by atoms with Crippen LogP contribution >= 0.6 is 0 Å². The first kappa shape index (κ1) is 14.7. The molecule has 2 nitrogen and oxygen atoms in total. The van der Waals surface area contributed by atoms with E-state index >= 15 is 0 Å². The number of halogens is 3. The maximum absolute atomic E-state index is 12.4. The quantitative estimate of drug-likeness (QED) is 0.801. The molecular formula is C10H20F3NO. The molecule has 2 atom stereocenters. The van der Waals surface area contributed by atoms with Crippen LogP contribution in [0, 0.1) is 5.41 Å². The molecule has 0 saturated heterocycles. The lowest BCUT2D eigenvalue weighted by atomic mass is 9.93. The predicted octanol–water partition coefficient (Wildman–Crippen LogP) is 2.72. The van der Waals surface area contributed by atoms with Crippen molar-refractivity contribution >= 4 is 0 Å². The first-order chi connectivity index (χ1) is 6.54. The average molecular weight is 227 g/mol. The first-order valence-electron chi connectivity index (χ1n) is 4.98. The molecule has 2 N–H and O–H groups in total. The second kappa shape index (κ2) is 5.16. The van der Waals surface area contributed by atoms with E-state index in [-0.39, 0.29) is 12.0 Å². The number of nitrogens with two attached hydrogens (primary N) is 1. The summed E-state index contributed by atoms with van der Waals surface area (Å²) in [4.78, 5) is 0. The Morgan fingerprint density at radius 3 is 1.93 bits per heavy atom. The molecule has 0 amide bonds. The monoisotopic (exact) mass is 227 g/mol. The van der Waals surface area contributed by atoms with Crippen molar-refractivity contribution in [1.82, 2.24) is 0 Å². The van der Waals surface area contributed by atoms with Gasteiger partial charge in [0.05, 0.1) is 0 Å². The van der Waals surface area contributed by atoms with Crippen molar-refractivity contribution in [3.05, 3.63) is 0 Å². The summed E-state index contributed by atoms with van der Waals surface area (Å²) < 4.78 is 42.0. The van der Waals surface area contributed by atoms with Gasteiger partial charge in [-0.05, 0) is 18.8 Å². The molecule has 0 spiro atoms. The SMILES string of the molecule is CC(N)C(OCCC(C)(C)C)C(F)(F)F. The Morgan fingerprint density at radius 2 is 1.67 bits per heavy atom. The van der Waals surface area contributed by atoms with Gasteiger partial charge in [0, 0.05) is 12.6 Å². The molecule has 0 aliphatic heterocycles. The van der Waals surface area contributed by atoms with E-state index in [1.54, 1.807) is 0 Å². The van der Waals surface area contributed by atoms with Gasteiger partial charge in [-0.1, -0.05) is 20.8 Å². The summed E-state index contributed by atoms with van der Waals surface area (Å²) in [6.07, 6.45) is -5.67. The van der Waals surface area contributed by atoms with Crippen molar-refractivity contribution in [2.75, 3.05) is 6.61 Å². The van der Waals surface area contributed by atoms with Crippen molar-refractivity contribution in [1.29, 1.82) is 0 Å². The second-order valence-corrected chi connectivity index (χ2v) is 5.00. The lowest BCUT2D eigenvalue weighted by molar-refractivity contribution is -0.226. The fourth-order valence-corrected chi connectivity index (χ4v) is 1.04. The molecule has 0 fully saturated rings. The molecule has 0 heterocycles. The third kappa shape index (κ3) is 6.73. The summed E-state index contributed by atoms with van der Waals surface area (Å²) in [5.41, 5.74) is 5.19. The van der Waals surface area contributed by atoms with Crippen LogP contribution in [0.2, 0.25) is 0 Å². The Hall–Kier alpha value is -0.290. The highest BCUT2D eigenvalue weighted by atomic mass is 19.4. The summed E-state index contributed by atoms with van der Waals surface area (Å²) in [5.74, 6) is 0. The maximum Gasteiger partial charge on any atom is 0.416 e. The Balaban J connectivity index is 4.11. The third-order valence-electron chi connectivity index (χ3n) is 1.95. The van der Waals surface area contributed by atoms with Crippen LogP contribution in [-0.2, 0) is 4.74 Å². The molecule has 92 valence electrons. The topological polar surface area (TPSA) is 35.2 Å². The second-order valence-electron chi connectivity index (χ2n) is 5.00. The first-order valence-corrected chi connectivity index (χ1v) is 4.98. The minimum atomic E-state index is -4.38. The molecule has 0 aromatic rings. The largest absolute Gasteiger partial charge is 0.416 e. The normalized spacial score (nSPS) is 17.6. The van der Waals surface area contributed by atoms with Gasteiger partial charge in [0.2, 0.25) is 0 Å². The van der Waals surface area contributed by atoms with Crippen molar-refractivity contribution in [3.8, 4) is 0 Å². The van der Waals surface area contributed by atoms with Gasteiger partial charge < -0.3 is 10.5 Å². The zero-order valence-electron chi connectivity index (χ0n) is 9.69. The summed E-state index contributed by atoms with van der Waals surface area (Å²) in [6.45, 7) is 7.23. The van der Waals surface area contributed by atoms with E-state index < -0.39 is 18.3 Å². The summed E-state index contributed by atoms with van der Waals surface area (Å²) in [5, 5.41) is 0. The zero-order valence-corrected chi connectivity index (χ0v) is 9.69. The maximum atomic E-state index is 12.4. The van der Waals surface area contributed by atoms with E-state index in [1.807, 2.05) is 20.8 Å². The van der Waals surface area contributed by atoms with Gasteiger partial charge in [0.25, 0.3) is 0 Å². The number of rotatable bonds is 4. The van der Waals surface area contributed by atoms with Gasteiger partial charge in [-0.2, -0.15) is 13.2 Å². The zero-order chi connectivity index (χ0) is 12.3. The van der Waals surface area contributed by atoms with Gasteiger partial charge in [-0.3, -0.25) is 0 Å². The summed E-state index contributed by atoms with van der Waals surface area (Å²) >= 11 is 0. The summed E-state index contributed by atoms with van der Waals surface area (Å²) in [6, 6.07) is -1.04. The van der Waals surface area contributed by atoms with E-state index in [1.165, 1.54) is 6.92 Å². The van der Waals surface area contributed by atoms with Crippen molar-refractivity contribution in [2.24, 2.45) is 11.1 Å². The van der Waals surface area contributed by atoms with Gasteiger partial charge in [-0.15, -0.1) is 0 Å². The van der Waals surface area contributed by atoms with Crippen LogP contribution in [0.4, 0.5) is 13.2 Å². The number of ether oxygens (including phenoxy) is 1. The fourth-order valence-electron chi connectivity index (χ4n) is 1.04. The minimum Gasteiger partial charge on any atom is -0.367 e. The van der Waals surface area contributed by atoms with Crippen LogP contribution < -0.4 is 5.73 Å². The average Bonchev–Trinajstić information content (AvgIpc) is 1.92. The van der Waals surface area contributed by atoms with Crippen LogP contribution in [0.1, 0.15) is 34.1 Å². The predicted molar refractivity (Wildman–Crippen MR) is 53.5 cm³/mol. The van der Waals surface area contributed by atoms with Gasteiger partial charge in [0.15, 0.2) is 6.10 Å². The minimum absolute atomic E-state index is 0.0337. The number of alkyl halides is 3. The molecule has 0 aromatic heterocycles. The molecular weight excluding hydrogens is 207 g/mol. The number of hydrogen-bond donors (Lipinski definition) is 1. The molecule has 2 unspecified atom stereocenters. The highest BCUT2D eigenvalue weighted by Crippen LogP contribution is 2.26. The van der Waals surface area contributed by atoms with E-state index in [0.29, 0.717) is 6.42 Å².